The molecule has 1 aromatic heterocycles. The van der Waals surface area contributed by atoms with E-state index in [1.807, 2.05) is 19.4 Å². The molecule has 1 N–H and O–H groups in total. The maximum Gasteiger partial charge on any atom is 0.0591 e. The molecular weight excluding hydrogens is 200 g/mol. The number of hydrogen-bond donors (Lipinski definition) is 1. The molecule has 0 unspecified atom stereocenters. The third kappa shape index (κ3) is 1.25. The number of rotatable bonds is 4. The van der Waals surface area contributed by atoms with E-state index < -0.39 is 0 Å². The predicted octanol–water partition coefficient (Wildman–Crippen LogP) is 1.35. The van der Waals surface area contributed by atoms with Crippen molar-refractivity contribution in [1.82, 2.24) is 10.3 Å². The monoisotopic (exact) mass is 218 g/mol. The summed E-state index contributed by atoms with van der Waals surface area (Å²) in [5.41, 5.74) is 2.09. The third-order valence-electron chi connectivity index (χ3n) is 4.31. The fourth-order valence-electron chi connectivity index (χ4n) is 3.07. The highest BCUT2D eigenvalue weighted by molar-refractivity contribution is 5.33. The third-order valence-corrected chi connectivity index (χ3v) is 4.31. The molecule has 0 bridgehead atoms. The van der Waals surface area contributed by atoms with Gasteiger partial charge in [-0.25, -0.2) is 0 Å². The van der Waals surface area contributed by atoms with E-state index in [2.05, 4.69) is 22.4 Å². The molecule has 3 nitrogen and oxygen atoms in total. The minimum atomic E-state index is 0.249. The van der Waals surface area contributed by atoms with Gasteiger partial charge in [-0.2, -0.15) is 0 Å². The van der Waals surface area contributed by atoms with Gasteiger partial charge in [0.1, 0.15) is 0 Å². The molecule has 0 atom stereocenters. The Morgan fingerprint density at radius 3 is 2.44 bits per heavy atom. The second-order valence-corrected chi connectivity index (χ2v) is 5.12. The van der Waals surface area contributed by atoms with Crippen molar-refractivity contribution in [3.8, 4) is 0 Å². The SMILES string of the molecule is CNCC1(C2(c3ccncc3)COC2)CC1. The number of nitrogens with one attached hydrogen (secondary N) is 1. The van der Waals surface area contributed by atoms with Gasteiger partial charge in [0, 0.05) is 24.4 Å². The van der Waals surface area contributed by atoms with Crippen LogP contribution in [0, 0.1) is 5.41 Å². The van der Waals surface area contributed by atoms with Gasteiger partial charge in [-0.15, -0.1) is 0 Å². The molecule has 1 saturated heterocycles. The Morgan fingerprint density at radius 2 is 2.00 bits per heavy atom. The van der Waals surface area contributed by atoms with E-state index in [-0.39, 0.29) is 5.41 Å². The molecule has 0 spiro atoms. The van der Waals surface area contributed by atoms with Gasteiger partial charge >= 0.3 is 0 Å². The summed E-state index contributed by atoms with van der Waals surface area (Å²) in [6, 6.07) is 4.30. The minimum absolute atomic E-state index is 0.249. The van der Waals surface area contributed by atoms with Crippen LogP contribution >= 0.6 is 0 Å². The van der Waals surface area contributed by atoms with E-state index >= 15 is 0 Å². The number of hydrogen-bond acceptors (Lipinski definition) is 3. The van der Waals surface area contributed by atoms with Crippen LogP contribution in [0.2, 0.25) is 0 Å². The minimum Gasteiger partial charge on any atom is -0.379 e. The largest absolute Gasteiger partial charge is 0.379 e. The topological polar surface area (TPSA) is 34.2 Å². The molecule has 0 radical (unpaired) electrons. The van der Waals surface area contributed by atoms with E-state index in [9.17, 15) is 0 Å². The van der Waals surface area contributed by atoms with E-state index in [1.54, 1.807) is 0 Å². The lowest BCUT2D eigenvalue weighted by Gasteiger charge is -2.48. The lowest BCUT2D eigenvalue weighted by Crippen LogP contribution is -2.56. The van der Waals surface area contributed by atoms with Gasteiger partial charge in [0.15, 0.2) is 0 Å². The molecule has 3 rings (SSSR count). The van der Waals surface area contributed by atoms with Crippen molar-refractivity contribution in [3.05, 3.63) is 30.1 Å². The molecule has 2 heterocycles. The first kappa shape index (κ1) is 10.2. The highest BCUT2D eigenvalue weighted by Crippen LogP contribution is 2.61. The van der Waals surface area contributed by atoms with Crippen LogP contribution in [0.1, 0.15) is 18.4 Å². The van der Waals surface area contributed by atoms with Gasteiger partial charge in [-0.1, -0.05) is 0 Å². The fraction of sp³-hybridized carbons (Fsp3) is 0.615. The van der Waals surface area contributed by atoms with Crippen LogP contribution in [0.4, 0.5) is 0 Å². The molecule has 1 aliphatic carbocycles. The zero-order valence-corrected chi connectivity index (χ0v) is 9.70. The Morgan fingerprint density at radius 1 is 1.31 bits per heavy atom. The average Bonchev–Trinajstić information content (AvgIpc) is 2.99. The second kappa shape index (κ2) is 3.54. The molecule has 2 fully saturated rings. The summed E-state index contributed by atoms with van der Waals surface area (Å²) in [6.07, 6.45) is 6.43. The summed E-state index contributed by atoms with van der Waals surface area (Å²) in [6.45, 7) is 2.84. The first-order valence-corrected chi connectivity index (χ1v) is 5.96. The van der Waals surface area contributed by atoms with Crippen LogP contribution in [-0.4, -0.2) is 31.8 Å². The molecule has 1 saturated carbocycles. The molecule has 0 amide bonds. The molecule has 86 valence electrons. The molecular formula is C13H18N2O. The highest BCUT2D eigenvalue weighted by atomic mass is 16.5. The standard InChI is InChI=1S/C13H18N2O/c1-14-8-12(4-5-12)13(9-16-10-13)11-2-6-15-7-3-11/h2-3,6-7,14H,4-5,8-10H2,1H3. The Bertz CT molecular complexity index is 369. The fourth-order valence-corrected chi connectivity index (χ4v) is 3.07. The van der Waals surface area contributed by atoms with Crippen molar-refractivity contribution >= 4 is 0 Å². The highest BCUT2D eigenvalue weighted by Gasteiger charge is 2.62. The van der Waals surface area contributed by atoms with Crippen LogP contribution in [0.25, 0.3) is 0 Å². The zero-order valence-electron chi connectivity index (χ0n) is 9.70. The smallest absolute Gasteiger partial charge is 0.0591 e. The molecule has 1 aliphatic heterocycles. The van der Waals surface area contributed by atoms with Crippen molar-refractivity contribution < 1.29 is 4.74 Å². The van der Waals surface area contributed by atoms with E-state index in [4.69, 9.17) is 4.74 Å². The number of ether oxygens (including phenoxy) is 1. The molecule has 16 heavy (non-hydrogen) atoms. The van der Waals surface area contributed by atoms with Crippen LogP contribution in [-0.2, 0) is 10.2 Å². The summed E-state index contributed by atoms with van der Waals surface area (Å²) in [7, 11) is 2.04. The molecule has 2 aliphatic rings. The summed E-state index contributed by atoms with van der Waals surface area (Å²) in [4.78, 5) is 4.11. The van der Waals surface area contributed by atoms with Crippen molar-refractivity contribution in [3.63, 3.8) is 0 Å². The van der Waals surface area contributed by atoms with Crippen molar-refractivity contribution in [1.29, 1.82) is 0 Å². The van der Waals surface area contributed by atoms with Crippen LogP contribution in [0.15, 0.2) is 24.5 Å². The Kier molecular flexibility index (Phi) is 2.26. The lowest BCUT2D eigenvalue weighted by atomic mass is 9.66. The van der Waals surface area contributed by atoms with Crippen LogP contribution in [0.3, 0.4) is 0 Å². The first-order valence-electron chi connectivity index (χ1n) is 5.96. The van der Waals surface area contributed by atoms with E-state index in [0.717, 1.165) is 19.8 Å². The van der Waals surface area contributed by atoms with Crippen LogP contribution < -0.4 is 5.32 Å². The maximum absolute atomic E-state index is 5.52. The van der Waals surface area contributed by atoms with E-state index in [1.165, 1.54) is 18.4 Å². The average molecular weight is 218 g/mol. The zero-order chi connectivity index (χ0) is 11.1. The van der Waals surface area contributed by atoms with Crippen molar-refractivity contribution in [2.75, 3.05) is 26.8 Å². The van der Waals surface area contributed by atoms with Crippen molar-refractivity contribution in [2.24, 2.45) is 5.41 Å². The quantitative estimate of drug-likeness (QED) is 0.828. The Balaban J connectivity index is 1.95. The van der Waals surface area contributed by atoms with Gasteiger partial charge in [0.05, 0.1) is 13.2 Å². The van der Waals surface area contributed by atoms with Gasteiger partial charge in [0.25, 0.3) is 0 Å². The number of nitrogens with zero attached hydrogens (tertiary/aromatic N) is 1. The Labute approximate surface area is 96.2 Å². The first-order chi connectivity index (χ1) is 7.83. The summed E-state index contributed by atoms with van der Waals surface area (Å²) in [5.74, 6) is 0. The van der Waals surface area contributed by atoms with Gasteiger partial charge in [-0.3, -0.25) is 4.98 Å². The lowest BCUT2D eigenvalue weighted by molar-refractivity contribution is -0.0986. The second-order valence-electron chi connectivity index (χ2n) is 5.12. The van der Waals surface area contributed by atoms with Crippen LogP contribution in [0.5, 0.6) is 0 Å². The molecule has 3 heteroatoms. The normalized spacial score (nSPS) is 24.8. The molecule has 0 aromatic carbocycles. The van der Waals surface area contributed by atoms with Gasteiger partial charge in [-0.05, 0) is 43.0 Å². The predicted molar refractivity (Wildman–Crippen MR) is 62.3 cm³/mol. The molecule has 1 aromatic rings. The summed E-state index contributed by atoms with van der Waals surface area (Å²) < 4.78 is 5.52. The summed E-state index contributed by atoms with van der Waals surface area (Å²) in [5, 5.41) is 3.34. The van der Waals surface area contributed by atoms with Gasteiger partial charge in [0.2, 0.25) is 0 Å². The maximum atomic E-state index is 5.52. The Hall–Kier alpha value is -0.930. The number of aromatic nitrogens is 1. The van der Waals surface area contributed by atoms with Gasteiger partial charge < -0.3 is 10.1 Å². The van der Waals surface area contributed by atoms with Crippen molar-refractivity contribution in [2.45, 2.75) is 18.3 Å². The van der Waals surface area contributed by atoms with E-state index in [0.29, 0.717) is 5.41 Å². The summed E-state index contributed by atoms with van der Waals surface area (Å²) >= 11 is 0. The number of pyridine rings is 1.